The molecule has 1 atom stereocenters. The molecule has 0 saturated carbocycles. The van der Waals surface area contributed by atoms with Gasteiger partial charge in [-0.3, -0.25) is 4.79 Å². The highest BCUT2D eigenvalue weighted by molar-refractivity contribution is 5.99. The summed E-state index contributed by atoms with van der Waals surface area (Å²) >= 11 is 0. The minimum absolute atomic E-state index is 0.124. The maximum atomic E-state index is 13.2. The first-order valence-corrected chi connectivity index (χ1v) is 12.6. The number of ketones is 1. The van der Waals surface area contributed by atoms with Gasteiger partial charge < -0.3 is 19.5 Å². The molecule has 2 aliphatic rings. The number of benzene rings is 3. The van der Waals surface area contributed by atoms with Crippen LogP contribution in [0.5, 0.6) is 17.2 Å². The van der Waals surface area contributed by atoms with Crippen molar-refractivity contribution in [2.24, 2.45) is 0 Å². The van der Waals surface area contributed by atoms with Gasteiger partial charge in [0.05, 0.1) is 14.2 Å². The largest absolute Gasteiger partial charge is 0.497 e. The molecule has 0 saturated heterocycles. The molecule has 1 unspecified atom stereocenters. The van der Waals surface area contributed by atoms with Crippen LogP contribution in [0.15, 0.2) is 84.1 Å². The van der Waals surface area contributed by atoms with E-state index in [1.807, 2.05) is 72.8 Å². The first kappa shape index (κ1) is 23.8. The van der Waals surface area contributed by atoms with Crippen molar-refractivity contribution < 1.29 is 19.0 Å². The monoisotopic (exact) mass is 508 g/mol. The minimum Gasteiger partial charge on any atom is -0.497 e. The zero-order valence-electron chi connectivity index (χ0n) is 21.3. The van der Waals surface area contributed by atoms with E-state index >= 15 is 0 Å². The number of allylic oxidation sites excluding steroid dienone is 2. The molecular formula is C30H28N4O4. The Morgan fingerprint density at radius 2 is 1.76 bits per heavy atom. The third-order valence-corrected chi connectivity index (χ3v) is 6.96. The van der Waals surface area contributed by atoms with Crippen LogP contribution in [0.3, 0.4) is 0 Å². The van der Waals surface area contributed by atoms with Crippen LogP contribution in [0, 0.1) is 0 Å². The number of anilines is 1. The SMILES string of the molecule is COc1ccc(-c2nc3n(n2)C(c2ccc(OCc4ccccc4)c(OC)c2)C2=C(CCCC2=O)N3)cc1. The molecule has 0 bridgehead atoms. The zero-order valence-corrected chi connectivity index (χ0v) is 21.3. The van der Waals surface area contributed by atoms with Gasteiger partial charge in [0.2, 0.25) is 5.95 Å². The molecule has 192 valence electrons. The molecule has 2 heterocycles. The Labute approximate surface area is 220 Å². The lowest BCUT2D eigenvalue weighted by molar-refractivity contribution is -0.116. The van der Waals surface area contributed by atoms with Crippen LogP contribution in [0.2, 0.25) is 0 Å². The number of Topliss-reactive ketones (excluding diaryl/α,β-unsaturated/α-hetero) is 1. The third kappa shape index (κ3) is 4.38. The van der Waals surface area contributed by atoms with Gasteiger partial charge in [-0.2, -0.15) is 4.98 Å². The van der Waals surface area contributed by atoms with Crippen LogP contribution in [0.25, 0.3) is 11.4 Å². The molecule has 8 nitrogen and oxygen atoms in total. The van der Waals surface area contributed by atoms with Crippen LogP contribution >= 0.6 is 0 Å². The Morgan fingerprint density at radius 1 is 0.947 bits per heavy atom. The second-order valence-corrected chi connectivity index (χ2v) is 9.31. The fourth-order valence-corrected chi connectivity index (χ4v) is 5.04. The minimum atomic E-state index is -0.425. The van der Waals surface area contributed by atoms with Crippen molar-refractivity contribution >= 4 is 11.7 Å². The number of carbonyl (C=O) groups excluding carboxylic acids is 1. The lowest BCUT2D eigenvalue weighted by Crippen LogP contribution is -2.31. The van der Waals surface area contributed by atoms with Crippen LogP contribution < -0.4 is 19.5 Å². The summed E-state index contributed by atoms with van der Waals surface area (Å²) < 4.78 is 18.9. The molecule has 1 N–H and O–H groups in total. The molecule has 0 amide bonds. The number of nitrogens with one attached hydrogen (secondary N) is 1. The van der Waals surface area contributed by atoms with Crippen molar-refractivity contribution in [3.63, 3.8) is 0 Å². The van der Waals surface area contributed by atoms with Crippen LogP contribution in [-0.4, -0.2) is 34.8 Å². The fourth-order valence-electron chi connectivity index (χ4n) is 5.04. The highest BCUT2D eigenvalue weighted by Crippen LogP contribution is 2.42. The molecule has 1 aliphatic heterocycles. The van der Waals surface area contributed by atoms with E-state index in [0.29, 0.717) is 36.3 Å². The smallest absolute Gasteiger partial charge is 0.226 e. The Bertz CT molecular complexity index is 1510. The molecule has 4 aromatic rings. The average Bonchev–Trinajstić information content (AvgIpc) is 3.39. The maximum absolute atomic E-state index is 13.2. The average molecular weight is 509 g/mol. The van der Waals surface area contributed by atoms with Gasteiger partial charge in [0.1, 0.15) is 18.4 Å². The van der Waals surface area contributed by atoms with Crippen molar-refractivity contribution in [3.8, 4) is 28.6 Å². The molecule has 0 fully saturated rings. The van der Waals surface area contributed by atoms with Gasteiger partial charge in [0, 0.05) is 23.3 Å². The summed E-state index contributed by atoms with van der Waals surface area (Å²) in [6.07, 6.45) is 2.12. The summed E-state index contributed by atoms with van der Waals surface area (Å²) in [6, 6.07) is 23.0. The predicted octanol–water partition coefficient (Wildman–Crippen LogP) is 5.56. The molecule has 38 heavy (non-hydrogen) atoms. The van der Waals surface area contributed by atoms with E-state index in [0.717, 1.165) is 46.6 Å². The highest BCUT2D eigenvalue weighted by atomic mass is 16.5. The summed E-state index contributed by atoms with van der Waals surface area (Å²) in [5, 5.41) is 8.25. The molecule has 1 aliphatic carbocycles. The Hall–Kier alpha value is -4.59. The number of aromatic nitrogens is 3. The standard InChI is InChI=1S/C30H28N4O4/c1-36-22-14-11-20(12-15-22)29-32-30-31-23-9-6-10-24(35)27(23)28(34(30)33-29)21-13-16-25(26(17-21)37-2)38-18-19-7-4-3-5-8-19/h3-5,7-8,11-17,28H,6,9-10,18H2,1-2H3,(H,31,32,33). The van der Waals surface area contributed by atoms with Crippen LogP contribution in [0.1, 0.15) is 36.4 Å². The number of methoxy groups -OCH3 is 2. The van der Waals surface area contributed by atoms with E-state index in [1.54, 1.807) is 18.9 Å². The number of rotatable bonds is 7. The first-order chi connectivity index (χ1) is 18.6. The van der Waals surface area contributed by atoms with Gasteiger partial charge in [-0.05, 0) is 60.4 Å². The number of carbonyl (C=O) groups is 1. The number of hydrogen-bond acceptors (Lipinski definition) is 7. The first-order valence-electron chi connectivity index (χ1n) is 12.6. The number of ether oxygens (including phenoxy) is 3. The van der Waals surface area contributed by atoms with E-state index in [4.69, 9.17) is 24.3 Å². The molecule has 6 rings (SSSR count). The second kappa shape index (κ2) is 10.0. The molecular weight excluding hydrogens is 480 g/mol. The summed E-state index contributed by atoms with van der Waals surface area (Å²) in [4.78, 5) is 18.0. The topological polar surface area (TPSA) is 87.5 Å². The van der Waals surface area contributed by atoms with Crippen molar-refractivity contribution in [2.75, 3.05) is 19.5 Å². The summed E-state index contributed by atoms with van der Waals surface area (Å²) in [6.45, 7) is 0.427. The molecule has 8 heteroatoms. The van der Waals surface area contributed by atoms with Crippen LogP contribution in [-0.2, 0) is 11.4 Å². The van der Waals surface area contributed by atoms with Crippen LogP contribution in [0.4, 0.5) is 5.95 Å². The van der Waals surface area contributed by atoms with Gasteiger partial charge in [-0.15, -0.1) is 5.10 Å². The van der Waals surface area contributed by atoms with Gasteiger partial charge in [-0.1, -0.05) is 36.4 Å². The van der Waals surface area contributed by atoms with Crippen molar-refractivity contribution in [3.05, 3.63) is 95.2 Å². The van der Waals surface area contributed by atoms with Gasteiger partial charge >= 0.3 is 0 Å². The summed E-state index contributed by atoms with van der Waals surface area (Å²) in [7, 11) is 3.26. The number of fused-ring (bicyclic) bond motifs is 1. The van der Waals surface area contributed by atoms with E-state index in [1.165, 1.54) is 0 Å². The second-order valence-electron chi connectivity index (χ2n) is 9.31. The van der Waals surface area contributed by atoms with Gasteiger partial charge in [-0.25, -0.2) is 4.68 Å². The molecule has 3 aromatic carbocycles. The van der Waals surface area contributed by atoms with E-state index < -0.39 is 6.04 Å². The maximum Gasteiger partial charge on any atom is 0.226 e. The van der Waals surface area contributed by atoms with E-state index in [2.05, 4.69) is 5.32 Å². The van der Waals surface area contributed by atoms with E-state index in [-0.39, 0.29) is 5.78 Å². The van der Waals surface area contributed by atoms with Gasteiger partial charge in [0.25, 0.3) is 0 Å². The van der Waals surface area contributed by atoms with Gasteiger partial charge in [0.15, 0.2) is 23.1 Å². The van der Waals surface area contributed by atoms with Crippen molar-refractivity contribution in [2.45, 2.75) is 31.9 Å². The highest BCUT2D eigenvalue weighted by Gasteiger charge is 2.37. The quantitative estimate of drug-likeness (QED) is 0.350. The fraction of sp³-hybridized carbons (Fsp3) is 0.233. The zero-order chi connectivity index (χ0) is 26.1. The molecule has 1 aromatic heterocycles. The Balaban J connectivity index is 1.39. The lowest BCUT2D eigenvalue weighted by atomic mass is 9.85. The normalized spacial score (nSPS) is 16.4. The Morgan fingerprint density at radius 3 is 2.53 bits per heavy atom. The van der Waals surface area contributed by atoms with Crippen molar-refractivity contribution in [1.82, 2.24) is 14.8 Å². The molecule has 0 spiro atoms. The summed E-state index contributed by atoms with van der Waals surface area (Å²) in [5.74, 6) is 3.30. The van der Waals surface area contributed by atoms with Crippen molar-refractivity contribution in [1.29, 1.82) is 0 Å². The predicted molar refractivity (Wildman–Crippen MR) is 143 cm³/mol. The number of nitrogens with zero attached hydrogens (tertiary/aromatic N) is 3. The third-order valence-electron chi connectivity index (χ3n) is 6.96. The molecule has 0 radical (unpaired) electrons. The number of hydrogen-bond donors (Lipinski definition) is 1. The Kier molecular flexibility index (Phi) is 6.29. The van der Waals surface area contributed by atoms with E-state index in [9.17, 15) is 4.79 Å². The summed E-state index contributed by atoms with van der Waals surface area (Å²) in [5.41, 5.74) is 4.45. The lowest BCUT2D eigenvalue weighted by Gasteiger charge is -2.32.